The summed E-state index contributed by atoms with van der Waals surface area (Å²) in [5, 5.41) is 13.2. The Kier molecular flexibility index (Phi) is 5.58. The number of aromatic nitrogens is 2. The molecule has 2 rings (SSSR count). The molecule has 136 valence electrons. The maximum absolute atomic E-state index is 14.3. The molecule has 0 aliphatic heterocycles. The first-order chi connectivity index (χ1) is 11.7. The molecule has 0 radical (unpaired) electrons. The third-order valence-corrected chi connectivity index (χ3v) is 5.39. The molecule has 0 aliphatic carbocycles. The van der Waals surface area contributed by atoms with Crippen molar-refractivity contribution in [3.63, 3.8) is 0 Å². The molecule has 0 saturated carbocycles. The number of aliphatic carboxylic acids is 1. The van der Waals surface area contributed by atoms with Crippen LogP contribution in [0.2, 0.25) is 0 Å². The van der Waals surface area contributed by atoms with Crippen LogP contribution in [0.15, 0.2) is 35.5 Å². The number of sulfonamides is 1. The van der Waals surface area contributed by atoms with Crippen LogP contribution >= 0.6 is 0 Å². The van der Waals surface area contributed by atoms with Crippen molar-refractivity contribution in [1.29, 1.82) is 0 Å². The lowest BCUT2D eigenvalue weighted by atomic mass is 10.0. The van der Waals surface area contributed by atoms with Gasteiger partial charge in [-0.25, -0.2) is 17.5 Å². The van der Waals surface area contributed by atoms with Crippen LogP contribution in [0.5, 0.6) is 0 Å². The maximum atomic E-state index is 14.3. The number of benzene rings is 1. The molecular weight excluding hydrogens is 349 g/mol. The second-order valence-corrected chi connectivity index (χ2v) is 7.61. The quantitative estimate of drug-likeness (QED) is 0.778. The highest BCUT2D eigenvalue weighted by Crippen LogP contribution is 2.20. The number of carboxylic acids is 1. The van der Waals surface area contributed by atoms with Crippen molar-refractivity contribution < 1.29 is 22.7 Å². The molecule has 2 aromatic rings. The van der Waals surface area contributed by atoms with Gasteiger partial charge in [-0.3, -0.25) is 4.79 Å². The highest BCUT2D eigenvalue weighted by atomic mass is 32.2. The molecule has 0 saturated heterocycles. The number of nitrogens with zero attached hydrogens (tertiary/aromatic N) is 2. The van der Waals surface area contributed by atoms with E-state index in [2.05, 4.69) is 9.82 Å². The van der Waals surface area contributed by atoms with Gasteiger partial charge in [-0.05, 0) is 36.6 Å². The lowest BCUT2D eigenvalue weighted by Gasteiger charge is -2.20. The summed E-state index contributed by atoms with van der Waals surface area (Å²) in [6.07, 6.45) is 3.63. The first-order valence-electron chi connectivity index (χ1n) is 7.72. The van der Waals surface area contributed by atoms with Crippen molar-refractivity contribution in [1.82, 2.24) is 14.5 Å². The average Bonchev–Trinajstić information content (AvgIpc) is 2.97. The Morgan fingerprint density at radius 2 is 2.12 bits per heavy atom. The van der Waals surface area contributed by atoms with Crippen LogP contribution in [-0.4, -0.2) is 35.3 Å². The minimum atomic E-state index is -4.18. The largest absolute Gasteiger partial charge is 0.480 e. The number of aryl methyl sites for hydroxylation is 1. The molecular formula is C16H20FN3O4S. The van der Waals surface area contributed by atoms with Crippen LogP contribution in [0.25, 0.3) is 5.69 Å². The molecule has 0 aliphatic rings. The molecule has 1 aromatic heterocycles. The highest BCUT2D eigenvalue weighted by Gasteiger charge is 2.29. The van der Waals surface area contributed by atoms with Gasteiger partial charge >= 0.3 is 5.97 Å². The van der Waals surface area contributed by atoms with Crippen LogP contribution in [0.3, 0.4) is 0 Å². The minimum absolute atomic E-state index is 0.101. The third kappa shape index (κ3) is 4.23. The maximum Gasteiger partial charge on any atom is 0.322 e. The number of carbonyl (C=O) groups is 1. The summed E-state index contributed by atoms with van der Waals surface area (Å²) >= 11 is 0. The first kappa shape index (κ1) is 19.1. The summed E-state index contributed by atoms with van der Waals surface area (Å²) in [6.45, 7) is 5.19. The van der Waals surface area contributed by atoms with Crippen molar-refractivity contribution >= 4 is 16.0 Å². The summed E-state index contributed by atoms with van der Waals surface area (Å²) in [5.74, 6) is -2.47. The van der Waals surface area contributed by atoms with Gasteiger partial charge in [0, 0.05) is 6.20 Å². The van der Waals surface area contributed by atoms with E-state index in [4.69, 9.17) is 0 Å². The van der Waals surface area contributed by atoms with Crippen molar-refractivity contribution in [2.45, 2.75) is 38.1 Å². The highest BCUT2D eigenvalue weighted by molar-refractivity contribution is 7.89. The number of rotatable bonds is 7. The Balaban J connectivity index is 2.34. The number of hydrogen-bond donors (Lipinski definition) is 2. The number of hydrogen-bond acceptors (Lipinski definition) is 4. The van der Waals surface area contributed by atoms with Crippen LogP contribution in [-0.2, 0) is 14.8 Å². The summed E-state index contributed by atoms with van der Waals surface area (Å²) in [4.78, 5) is 11.0. The Morgan fingerprint density at radius 1 is 1.44 bits per heavy atom. The van der Waals surface area contributed by atoms with Crippen molar-refractivity contribution in [2.24, 2.45) is 5.92 Å². The molecule has 9 heteroatoms. The molecule has 25 heavy (non-hydrogen) atoms. The lowest BCUT2D eigenvalue weighted by molar-refractivity contribution is -0.140. The molecule has 0 amide bonds. The van der Waals surface area contributed by atoms with Gasteiger partial charge in [0.15, 0.2) is 0 Å². The molecule has 1 heterocycles. The Labute approximate surface area is 145 Å². The topological polar surface area (TPSA) is 101 Å². The number of carboxylic acid groups (broad SMARTS) is 1. The van der Waals surface area contributed by atoms with Crippen molar-refractivity contribution in [2.75, 3.05) is 0 Å². The minimum Gasteiger partial charge on any atom is -0.480 e. The number of nitrogens with one attached hydrogen (secondary N) is 1. The Morgan fingerprint density at radius 3 is 2.60 bits per heavy atom. The zero-order valence-electron chi connectivity index (χ0n) is 14.1. The molecule has 1 aromatic carbocycles. The van der Waals surface area contributed by atoms with Gasteiger partial charge in [0.1, 0.15) is 17.5 Å². The third-order valence-electron chi connectivity index (χ3n) is 3.95. The molecule has 2 N–H and O–H groups in total. The van der Waals surface area contributed by atoms with E-state index < -0.39 is 33.8 Å². The van der Waals surface area contributed by atoms with Crippen molar-refractivity contribution in [3.05, 3.63) is 42.0 Å². The van der Waals surface area contributed by atoms with Crippen LogP contribution in [0.1, 0.15) is 25.8 Å². The fourth-order valence-corrected chi connectivity index (χ4v) is 3.58. The molecule has 2 atom stereocenters. The fourth-order valence-electron chi connectivity index (χ4n) is 2.27. The molecule has 0 spiro atoms. The predicted molar refractivity (Wildman–Crippen MR) is 89.5 cm³/mol. The molecule has 0 bridgehead atoms. The average molecular weight is 369 g/mol. The molecule has 0 unspecified atom stereocenters. The second-order valence-electron chi connectivity index (χ2n) is 5.90. The van der Waals surface area contributed by atoms with Crippen molar-refractivity contribution in [3.8, 4) is 5.69 Å². The van der Waals surface area contributed by atoms with E-state index in [1.54, 1.807) is 33.2 Å². The number of halogens is 1. The van der Waals surface area contributed by atoms with Gasteiger partial charge in [-0.1, -0.05) is 20.3 Å². The zero-order valence-corrected chi connectivity index (χ0v) is 14.9. The molecule has 7 nitrogen and oxygen atoms in total. The summed E-state index contributed by atoms with van der Waals surface area (Å²) in [5.41, 5.74) is 0.930. The van der Waals surface area contributed by atoms with Gasteiger partial charge in [-0.15, -0.1) is 0 Å². The predicted octanol–water partition coefficient (Wildman–Crippen LogP) is 2.10. The van der Waals surface area contributed by atoms with Crippen LogP contribution in [0.4, 0.5) is 4.39 Å². The SMILES string of the molecule is CC[C@H](C)[C@H](NS(=O)(=O)c1ccc(-n2cc(C)cn2)c(F)c1)C(=O)O. The van der Waals surface area contributed by atoms with Gasteiger partial charge < -0.3 is 5.11 Å². The fraction of sp³-hybridized carbons (Fsp3) is 0.375. The Hall–Kier alpha value is -2.26. The van der Waals surface area contributed by atoms with E-state index in [-0.39, 0.29) is 10.6 Å². The van der Waals surface area contributed by atoms with Gasteiger partial charge in [0.25, 0.3) is 0 Å². The lowest BCUT2D eigenvalue weighted by Crippen LogP contribution is -2.44. The van der Waals surface area contributed by atoms with Gasteiger partial charge in [0.2, 0.25) is 10.0 Å². The van der Waals surface area contributed by atoms with E-state index in [1.165, 1.54) is 16.8 Å². The summed E-state index contributed by atoms with van der Waals surface area (Å²) < 4.78 is 42.6. The van der Waals surface area contributed by atoms with E-state index >= 15 is 0 Å². The van der Waals surface area contributed by atoms with E-state index in [0.717, 1.165) is 11.6 Å². The van der Waals surface area contributed by atoms with Crippen LogP contribution < -0.4 is 4.72 Å². The standard InChI is InChI=1S/C16H20FN3O4S/c1-4-11(3)15(16(21)22)19-25(23,24)12-5-6-14(13(17)7-12)20-9-10(2)8-18-20/h5-9,11,15,19H,4H2,1-3H3,(H,21,22)/t11-,15-/m0/s1. The van der Waals surface area contributed by atoms with Crippen LogP contribution in [0, 0.1) is 18.7 Å². The Bertz CT molecular complexity index is 879. The smallest absolute Gasteiger partial charge is 0.322 e. The van der Waals surface area contributed by atoms with E-state index in [9.17, 15) is 22.7 Å². The summed E-state index contributed by atoms with van der Waals surface area (Å²) in [7, 11) is -4.18. The van der Waals surface area contributed by atoms with Gasteiger partial charge in [0.05, 0.1) is 11.1 Å². The second kappa shape index (κ2) is 7.32. The monoisotopic (exact) mass is 369 g/mol. The normalized spacial score (nSPS) is 14.2. The summed E-state index contributed by atoms with van der Waals surface area (Å²) in [6, 6.07) is 2.07. The zero-order chi connectivity index (χ0) is 18.8. The first-order valence-corrected chi connectivity index (χ1v) is 9.20. The van der Waals surface area contributed by atoms with E-state index in [0.29, 0.717) is 6.42 Å². The molecule has 0 fully saturated rings. The van der Waals surface area contributed by atoms with E-state index in [1.807, 2.05) is 0 Å². The van der Waals surface area contributed by atoms with Gasteiger partial charge in [-0.2, -0.15) is 9.82 Å².